The summed E-state index contributed by atoms with van der Waals surface area (Å²) in [5.74, 6) is 0.419. The fourth-order valence-electron chi connectivity index (χ4n) is 1.75. The minimum atomic E-state index is -1.14. The average Bonchev–Trinajstić information content (AvgIpc) is 2.44. The lowest BCUT2D eigenvalue weighted by Crippen LogP contribution is -2.06. The summed E-state index contributed by atoms with van der Waals surface area (Å²) in [7, 11) is -1.14. The summed E-state index contributed by atoms with van der Waals surface area (Å²) in [5.41, 5.74) is 4.15. The van der Waals surface area contributed by atoms with Gasteiger partial charge in [-0.2, -0.15) is 11.1 Å². The smallest absolute Gasteiger partial charge is 0.147 e. The highest BCUT2D eigenvalue weighted by Gasteiger charge is 2.15. The maximum atomic E-state index is 9.77. The molecule has 0 bridgehead atoms. The highest BCUT2D eigenvalue weighted by Crippen LogP contribution is 2.39. The molecule has 0 aromatic rings. The quantitative estimate of drug-likeness (QED) is 0.456. The second-order valence-electron chi connectivity index (χ2n) is 5.54. The zero-order valence-electron chi connectivity index (χ0n) is 12.0. The Balaban J connectivity index is 0.000000312. The van der Waals surface area contributed by atoms with E-state index in [1.165, 1.54) is 0 Å². The molecule has 0 fully saturated rings. The van der Waals surface area contributed by atoms with Crippen molar-refractivity contribution in [3.05, 3.63) is 39.9 Å². The van der Waals surface area contributed by atoms with E-state index in [9.17, 15) is 5.11 Å². The van der Waals surface area contributed by atoms with Crippen molar-refractivity contribution in [2.24, 2.45) is 0 Å². The summed E-state index contributed by atoms with van der Waals surface area (Å²) in [5, 5.41) is 9.77. The van der Waals surface area contributed by atoms with Gasteiger partial charge in [0.15, 0.2) is 0 Å². The lowest BCUT2D eigenvalue weighted by atomic mass is 10.1. The van der Waals surface area contributed by atoms with Crippen LogP contribution in [-0.4, -0.2) is 12.5 Å². The number of rotatable bonds is 0. The predicted octanol–water partition coefficient (Wildman–Crippen LogP) is 5.94. The average molecular weight is 360 g/mol. The maximum absolute atomic E-state index is 9.77. The minimum absolute atomic E-state index is 0.419. The molecule has 2 rings (SSSR count). The summed E-state index contributed by atoms with van der Waals surface area (Å²) in [6.45, 7) is 10.2. The van der Waals surface area contributed by atoms with Crippen molar-refractivity contribution in [1.29, 1.82) is 0 Å². The van der Waals surface area contributed by atoms with E-state index >= 15 is 0 Å². The van der Waals surface area contributed by atoms with Gasteiger partial charge in [-0.25, -0.2) is 0 Å². The summed E-state index contributed by atoms with van der Waals surface area (Å²) >= 11 is 9.10. The van der Waals surface area contributed by atoms with E-state index in [4.69, 9.17) is 11.1 Å². The molecule has 1 N–H and O–H groups in total. The Labute approximate surface area is 129 Å². The first-order valence-corrected chi connectivity index (χ1v) is 11.5. The van der Waals surface area contributed by atoms with Gasteiger partial charge in [0.25, 0.3) is 0 Å². The van der Waals surface area contributed by atoms with Crippen molar-refractivity contribution in [1.82, 2.24) is 0 Å². The predicted molar refractivity (Wildman–Crippen MR) is 91.1 cm³/mol. The van der Waals surface area contributed by atoms with E-state index in [1.807, 2.05) is 38.1 Å². The van der Waals surface area contributed by atoms with Gasteiger partial charge in [-0.05, 0) is 48.2 Å². The van der Waals surface area contributed by atoms with Gasteiger partial charge in [-0.3, -0.25) is 0 Å². The number of halogens is 2. The van der Waals surface area contributed by atoms with E-state index in [2.05, 4.69) is 35.6 Å². The van der Waals surface area contributed by atoms with Gasteiger partial charge in [-0.1, -0.05) is 47.7 Å². The Bertz CT molecular complexity index is 503. The number of fused-ring (bicyclic) bond motifs is 1. The lowest BCUT2D eigenvalue weighted by Gasteiger charge is -1.97. The van der Waals surface area contributed by atoms with E-state index in [-0.39, 0.29) is 0 Å². The Morgan fingerprint density at radius 2 is 1.26 bits per heavy atom. The van der Waals surface area contributed by atoms with E-state index in [0.29, 0.717) is 5.75 Å². The third kappa shape index (κ3) is 4.82. The van der Waals surface area contributed by atoms with Crippen molar-refractivity contribution < 1.29 is 5.11 Å². The van der Waals surface area contributed by atoms with E-state index in [1.54, 1.807) is 0 Å². The van der Waals surface area contributed by atoms with Crippen LogP contribution in [0.1, 0.15) is 11.1 Å². The fraction of sp³-hybridized carbons (Fsp3) is 0.333. The standard InChI is InChI=1S/C12H11BrO.C3H9ClSi/c1-7-10-5-3-9(13)4-6-11(10)8(2)12(7)14;1-5(2,3)4/h3-6,14H,1-2H3;1-3H3. The van der Waals surface area contributed by atoms with Gasteiger partial charge in [0.05, 0.1) is 0 Å². The Kier molecular flexibility index (Phi) is 5.48. The molecular weight excluding hydrogens is 340 g/mol. The van der Waals surface area contributed by atoms with Gasteiger partial charge in [0.2, 0.25) is 0 Å². The first-order chi connectivity index (χ1) is 8.61. The van der Waals surface area contributed by atoms with Crippen LogP contribution in [0.15, 0.2) is 28.7 Å². The number of hydrogen-bond donors (Lipinski definition) is 1. The Morgan fingerprint density at radius 3 is 1.58 bits per heavy atom. The van der Waals surface area contributed by atoms with E-state index in [0.717, 1.165) is 26.7 Å². The third-order valence-corrected chi connectivity index (χ3v) is 3.16. The highest BCUT2D eigenvalue weighted by atomic mass is 79.9. The third-order valence-electron chi connectivity index (χ3n) is 2.63. The molecule has 0 atom stereocenters. The molecule has 1 nitrogen and oxygen atoms in total. The largest absolute Gasteiger partial charge is 0.507 e. The summed E-state index contributed by atoms with van der Waals surface area (Å²) in [6.07, 6.45) is 0. The van der Waals surface area contributed by atoms with Crippen LogP contribution in [-0.2, 0) is 0 Å². The topological polar surface area (TPSA) is 20.2 Å². The van der Waals surface area contributed by atoms with Crippen LogP contribution in [0, 0.1) is 13.8 Å². The Hall–Kier alpha value is -0.513. The normalized spacial score (nSPS) is 11.1. The number of aromatic hydroxyl groups is 1. The molecule has 2 aliphatic carbocycles. The van der Waals surface area contributed by atoms with Gasteiger partial charge in [0, 0.05) is 4.47 Å². The number of hydrogen-bond acceptors (Lipinski definition) is 1. The molecular formula is C15H20BrClOSi. The molecule has 0 aliphatic heterocycles. The van der Waals surface area contributed by atoms with Crippen LogP contribution in [0.5, 0.6) is 5.75 Å². The molecule has 2 aliphatic rings. The zero-order valence-corrected chi connectivity index (χ0v) is 15.4. The molecule has 0 aromatic carbocycles. The van der Waals surface area contributed by atoms with Crippen molar-refractivity contribution >= 4 is 34.4 Å². The molecule has 0 aromatic heterocycles. The van der Waals surface area contributed by atoms with Crippen LogP contribution < -0.4 is 0 Å². The molecule has 0 radical (unpaired) electrons. The van der Waals surface area contributed by atoms with Crippen molar-refractivity contribution in [3.63, 3.8) is 0 Å². The van der Waals surface area contributed by atoms with Crippen molar-refractivity contribution in [2.45, 2.75) is 33.5 Å². The molecule has 0 heterocycles. The summed E-state index contributed by atoms with van der Waals surface area (Å²) in [6, 6.07) is 8.05. The van der Waals surface area contributed by atoms with Crippen LogP contribution >= 0.6 is 27.0 Å². The fourth-order valence-corrected chi connectivity index (χ4v) is 2.02. The lowest BCUT2D eigenvalue weighted by molar-refractivity contribution is 0.470. The van der Waals surface area contributed by atoms with Gasteiger partial charge in [0.1, 0.15) is 13.1 Å². The van der Waals surface area contributed by atoms with Crippen molar-refractivity contribution in [3.8, 4) is 16.9 Å². The maximum Gasteiger partial charge on any atom is 0.147 e. The van der Waals surface area contributed by atoms with Gasteiger partial charge in [-0.15, -0.1) is 0 Å². The summed E-state index contributed by atoms with van der Waals surface area (Å²) < 4.78 is 1.05. The molecule has 0 unspecified atom stereocenters. The molecule has 19 heavy (non-hydrogen) atoms. The molecule has 0 spiro atoms. The monoisotopic (exact) mass is 358 g/mol. The van der Waals surface area contributed by atoms with Gasteiger partial charge < -0.3 is 5.11 Å². The molecule has 0 saturated carbocycles. The zero-order chi connectivity index (χ0) is 14.8. The van der Waals surface area contributed by atoms with E-state index < -0.39 is 7.38 Å². The van der Waals surface area contributed by atoms with Crippen LogP contribution in [0.2, 0.25) is 19.6 Å². The second-order valence-corrected chi connectivity index (χ2v) is 14.0. The summed E-state index contributed by atoms with van der Waals surface area (Å²) in [4.78, 5) is 0. The molecule has 0 amide bonds. The SMILES string of the molecule is C[Si](C)(C)Cl.Cc1c2ccc(Br)ccc-2c(C)c1O. The molecule has 0 saturated heterocycles. The minimum Gasteiger partial charge on any atom is -0.507 e. The van der Waals surface area contributed by atoms with Gasteiger partial charge >= 0.3 is 0 Å². The van der Waals surface area contributed by atoms with Crippen molar-refractivity contribution in [2.75, 3.05) is 0 Å². The Morgan fingerprint density at radius 1 is 0.947 bits per heavy atom. The first-order valence-electron chi connectivity index (χ1n) is 6.17. The molecule has 104 valence electrons. The van der Waals surface area contributed by atoms with Crippen LogP contribution in [0.3, 0.4) is 0 Å². The first kappa shape index (κ1) is 16.5. The second kappa shape index (κ2) is 6.29. The van der Waals surface area contributed by atoms with Crippen LogP contribution in [0.4, 0.5) is 0 Å². The van der Waals surface area contributed by atoms with Crippen LogP contribution in [0.25, 0.3) is 11.1 Å². The highest BCUT2D eigenvalue weighted by molar-refractivity contribution is 9.10. The molecule has 4 heteroatoms.